The van der Waals surface area contributed by atoms with Crippen molar-refractivity contribution in [2.24, 2.45) is 0 Å². The molecule has 1 saturated heterocycles. The van der Waals surface area contributed by atoms with E-state index in [2.05, 4.69) is 33.9 Å². The minimum absolute atomic E-state index is 0.145. The van der Waals surface area contributed by atoms with Gasteiger partial charge in [-0.25, -0.2) is 14.2 Å². The highest BCUT2D eigenvalue weighted by molar-refractivity contribution is 7.20. The van der Waals surface area contributed by atoms with Crippen LogP contribution in [0.3, 0.4) is 0 Å². The van der Waals surface area contributed by atoms with E-state index >= 15 is 0 Å². The Kier molecular flexibility index (Phi) is 6.08. The predicted octanol–water partition coefficient (Wildman–Crippen LogP) is 3.37. The molecule has 0 radical (unpaired) electrons. The predicted molar refractivity (Wildman–Crippen MR) is 124 cm³/mol. The van der Waals surface area contributed by atoms with Crippen LogP contribution in [0, 0.1) is 5.82 Å². The van der Waals surface area contributed by atoms with Crippen LogP contribution in [0.5, 0.6) is 0 Å². The van der Waals surface area contributed by atoms with Crippen LogP contribution in [0.4, 0.5) is 9.18 Å². The number of imidazole rings is 1. The van der Waals surface area contributed by atoms with Crippen molar-refractivity contribution in [1.82, 2.24) is 20.0 Å². The molecule has 0 aliphatic carbocycles. The molecule has 2 aromatic carbocycles. The second-order valence-corrected chi connectivity index (χ2v) is 9.06. The molecule has 1 aliphatic heterocycles. The Balaban J connectivity index is 1.19. The van der Waals surface area contributed by atoms with Gasteiger partial charge in [0.05, 0.1) is 10.9 Å². The molecule has 0 bridgehead atoms. The van der Waals surface area contributed by atoms with E-state index in [4.69, 9.17) is 4.74 Å². The minimum atomic E-state index is -0.795. The Labute approximate surface area is 193 Å². The molecular weight excluding hydrogens is 443 g/mol. The first kappa shape index (κ1) is 21.6. The molecule has 7 nitrogen and oxygen atoms in total. The van der Waals surface area contributed by atoms with Crippen LogP contribution in [0.2, 0.25) is 0 Å². The van der Waals surface area contributed by atoms with Gasteiger partial charge in [-0.1, -0.05) is 47.7 Å². The van der Waals surface area contributed by atoms with Gasteiger partial charge in [0.2, 0.25) is 0 Å². The van der Waals surface area contributed by atoms with E-state index in [9.17, 15) is 14.3 Å². The van der Waals surface area contributed by atoms with Gasteiger partial charge in [-0.2, -0.15) is 0 Å². The summed E-state index contributed by atoms with van der Waals surface area (Å²) >= 11 is 1.63. The van der Waals surface area contributed by atoms with Gasteiger partial charge < -0.3 is 20.5 Å². The fourth-order valence-electron chi connectivity index (χ4n) is 4.03. The zero-order valence-corrected chi connectivity index (χ0v) is 18.5. The Hall–Kier alpha value is -3.27. The van der Waals surface area contributed by atoms with E-state index in [1.54, 1.807) is 29.7 Å². The first-order valence-corrected chi connectivity index (χ1v) is 11.5. The number of fused-ring (bicyclic) bond motifs is 1. The van der Waals surface area contributed by atoms with Gasteiger partial charge >= 0.3 is 6.09 Å². The fraction of sp³-hybridized carbons (Fsp3) is 0.250. The largest absolute Gasteiger partial charge is 0.442 e. The lowest BCUT2D eigenvalue weighted by Gasteiger charge is -2.22. The molecular formula is C24H23FN4O3S. The minimum Gasteiger partial charge on any atom is -0.442 e. The maximum Gasteiger partial charge on any atom is 0.407 e. The number of alkyl carbamates (subject to hydrolysis) is 1. The maximum atomic E-state index is 13.3. The quantitative estimate of drug-likeness (QED) is 0.406. The normalized spacial score (nSPS) is 20.2. The summed E-state index contributed by atoms with van der Waals surface area (Å²) in [6, 6.07) is 14.0. The van der Waals surface area contributed by atoms with Crippen LogP contribution in [0.1, 0.15) is 11.1 Å². The van der Waals surface area contributed by atoms with Crippen molar-refractivity contribution in [2.75, 3.05) is 6.54 Å². The van der Waals surface area contributed by atoms with E-state index in [1.807, 2.05) is 22.7 Å². The van der Waals surface area contributed by atoms with Gasteiger partial charge in [0.25, 0.3) is 0 Å². The van der Waals surface area contributed by atoms with Gasteiger partial charge in [0, 0.05) is 31.7 Å². The number of rotatable bonds is 6. The van der Waals surface area contributed by atoms with E-state index in [-0.39, 0.29) is 18.4 Å². The van der Waals surface area contributed by atoms with Crippen molar-refractivity contribution in [1.29, 1.82) is 0 Å². The molecule has 1 fully saturated rings. The maximum absolute atomic E-state index is 13.3. The molecule has 3 heterocycles. The van der Waals surface area contributed by atoms with Gasteiger partial charge in [-0.15, -0.1) is 0 Å². The number of aliphatic hydroxyl groups is 1. The number of aliphatic hydroxyl groups excluding tert-OH is 1. The summed E-state index contributed by atoms with van der Waals surface area (Å²) in [6.07, 6.45) is 4.25. The van der Waals surface area contributed by atoms with E-state index in [0.717, 1.165) is 21.0 Å². The van der Waals surface area contributed by atoms with E-state index in [0.29, 0.717) is 18.5 Å². The van der Waals surface area contributed by atoms with E-state index in [1.165, 1.54) is 12.1 Å². The zero-order valence-electron chi connectivity index (χ0n) is 17.6. The lowest BCUT2D eigenvalue weighted by Crippen LogP contribution is -2.41. The number of carbonyl (C=O) groups excluding carboxylic acids is 1. The van der Waals surface area contributed by atoms with Crippen molar-refractivity contribution in [3.05, 3.63) is 84.1 Å². The Morgan fingerprint density at radius 1 is 1.27 bits per heavy atom. The summed E-state index contributed by atoms with van der Waals surface area (Å²) in [4.78, 5) is 18.7. The summed E-state index contributed by atoms with van der Waals surface area (Å²) in [5.74, 6) is -0.363. The molecule has 1 amide bonds. The summed E-state index contributed by atoms with van der Waals surface area (Å²) in [5.41, 5.74) is 2.81. The summed E-state index contributed by atoms with van der Waals surface area (Å²) in [7, 11) is 0. The van der Waals surface area contributed by atoms with Crippen LogP contribution < -0.4 is 10.6 Å². The molecule has 33 heavy (non-hydrogen) atoms. The Bertz CT molecular complexity index is 1230. The van der Waals surface area contributed by atoms with E-state index < -0.39 is 18.3 Å². The number of nitrogens with one attached hydrogen (secondary N) is 2. The molecule has 9 heteroatoms. The zero-order chi connectivity index (χ0) is 22.8. The van der Waals surface area contributed by atoms with Gasteiger partial charge in [0.15, 0.2) is 4.96 Å². The number of hydrogen-bond acceptors (Lipinski definition) is 6. The monoisotopic (exact) mass is 466 g/mol. The van der Waals surface area contributed by atoms with Crippen molar-refractivity contribution in [2.45, 2.75) is 31.2 Å². The average molecular weight is 467 g/mol. The number of ether oxygens (including phenoxy) is 1. The number of thiazole rings is 1. The SMILES string of the molecule is O=C(NCc1cccc(F)c1)O[C@@H]1C(O)CN[C@@H]1Cc1ccc(-c2cn3ccnc3s2)cc1. The topological polar surface area (TPSA) is 87.9 Å². The average Bonchev–Trinajstić information content (AvgIpc) is 3.50. The number of benzene rings is 2. The molecule has 0 spiro atoms. The smallest absolute Gasteiger partial charge is 0.407 e. The van der Waals surface area contributed by atoms with Gasteiger partial charge in [0.1, 0.15) is 18.0 Å². The number of aromatic nitrogens is 2. The standard InChI is InChI=1S/C24H23FN4O3S/c25-18-3-1-2-16(10-18)12-28-24(31)32-22-19(27-13-20(22)30)11-15-4-6-17(7-5-15)21-14-29-9-8-26-23(29)33-21/h1-10,14,19-20,22,27,30H,11-13H2,(H,28,31)/t19-,20?,22+/m1/s1. The van der Waals surface area contributed by atoms with Crippen LogP contribution in [0.25, 0.3) is 15.4 Å². The highest BCUT2D eigenvalue weighted by Crippen LogP contribution is 2.28. The molecule has 3 N–H and O–H groups in total. The molecule has 170 valence electrons. The van der Waals surface area contributed by atoms with Crippen LogP contribution in [0.15, 0.2) is 67.1 Å². The lowest BCUT2D eigenvalue weighted by atomic mass is 10.0. The van der Waals surface area contributed by atoms with Crippen molar-refractivity contribution in [3.8, 4) is 10.4 Å². The second kappa shape index (κ2) is 9.30. The molecule has 3 atom stereocenters. The first-order chi connectivity index (χ1) is 16.0. The number of nitrogens with zero attached hydrogens (tertiary/aromatic N) is 2. The highest BCUT2D eigenvalue weighted by atomic mass is 32.1. The fourth-order valence-corrected chi connectivity index (χ4v) is 4.98. The Morgan fingerprint density at radius 3 is 2.91 bits per heavy atom. The number of β-amino-alcohol motifs (C(OH)–C–C–N with tert-alkyl or cyclic N) is 1. The molecule has 1 aliphatic rings. The van der Waals surface area contributed by atoms with Crippen molar-refractivity contribution >= 4 is 22.4 Å². The Morgan fingerprint density at radius 2 is 2.12 bits per heavy atom. The highest BCUT2D eigenvalue weighted by Gasteiger charge is 2.37. The third-order valence-corrected chi connectivity index (χ3v) is 6.78. The summed E-state index contributed by atoms with van der Waals surface area (Å²) < 4.78 is 20.8. The van der Waals surface area contributed by atoms with Crippen LogP contribution in [-0.4, -0.2) is 45.4 Å². The molecule has 1 unspecified atom stereocenters. The van der Waals surface area contributed by atoms with Gasteiger partial charge in [-0.3, -0.25) is 4.40 Å². The van der Waals surface area contributed by atoms with Crippen molar-refractivity contribution in [3.63, 3.8) is 0 Å². The third-order valence-electron chi connectivity index (χ3n) is 5.72. The van der Waals surface area contributed by atoms with Crippen molar-refractivity contribution < 1.29 is 19.0 Å². The van der Waals surface area contributed by atoms with Crippen LogP contribution >= 0.6 is 11.3 Å². The summed E-state index contributed by atoms with van der Waals surface area (Å²) in [6.45, 7) is 0.492. The second-order valence-electron chi connectivity index (χ2n) is 8.05. The molecule has 0 saturated carbocycles. The number of halogens is 1. The molecule has 5 rings (SSSR count). The lowest BCUT2D eigenvalue weighted by molar-refractivity contribution is 0.0188. The summed E-state index contributed by atoms with van der Waals surface area (Å²) in [5, 5.41) is 16.2. The number of amides is 1. The molecule has 4 aromatic rings. The van der Waals surface area contributed by atoms with Gasteiger partial charge in [-0.05, 0) is 35.2 Å². The van der Waals surface area contributed by atoms with Crippen LogP contribution in [-0.2, 0) is 17.7 Å². The molecule has 2 aromatic heterocycles. The number of hydrogen-bond donors (Lipinski definition) is 3. The first-order valence-electron chi connectivity index (χ1n) is 10.7. The third kappa shape index (κ3) is 4.90. The number of carbonyl (C=O) groups is 1.